The summed E-state index contributed by atoms with van der Waals surface area (Å²) in [5.74, 6) is -0.453. The first kappa shape index (κ1) is 35.7. The molecule has 4 atom stereocenters. The summed E-state index contributed by atoms with van der Waals surface area (Å²) in [6.45, 7) is 1.98. The van der Waals surface area contributed by atoms with Crippen LogP contribution < -0.4 is 14.8 Å². The predicted molar refractivity (Wildman–Crippen MR) is 178 cm³/mol. The number of nitrogens with zero attached hydrogens (tertiary/aromatic N) is 1. The van der Waals surface area contributed by atoms with Gasteiger partial charge in [0.25, 0.3) is 0 Å². The predicted octanol–water partition coefficient (Wildman–Crippen LogP) is 5.41. The number of halogens is 1. The highest BCUT2D eigenvalue weighted by molar-refractivity contribution is 6.30. The number of ether oxygens (including phenoxy) is 2. The maximum absolute atomic E-state index is 13.9. The van der Waals surface area contributed by atoms with Gasteiger partial charge in [-0.05, 0) is 47.9 Å². The molecule has 4 N–H and O–H groups in total. The van der Waals surface area contributed by atoms with Crippen molar-refractivity contribution in [2.75, 3.05) is 20.3 Å². The normalized spacial score (nSPS) is 19.9. The van der Waals surface area contributed by atoms with E-state index in [1.807, 2.05) is 12.1 Å². The Morgan fingerprint density at radius 3 is 2.28 bits per heavy atom. The van der Waals surface area contributed by atoms with E-state index in [0.29, 0.717) is 39.6 Å². The summed E-state index contributed by atoms with van der Waals surface area (Å²) in [5, 5.41) is 34.5. The quantitative estimate of drug-likeness (QED) is 0.158. The van der Waals surface area contributed by atoms with E-state index in [0.717, 1.165) is 31.2 Å². The third kappa shape index (κ3) is 8.82. The van der Waals surface area contributed by atoms with Gasteiger partial charge in [-0.3, -0.25) is 9.59 Å². The molecule has 0 saturated carbocycles. The van der Waals surface area contributed by atoms with Crippen LogP contribution in [-0.4, -0.2) is 70.5 Å². The summed E-state index contributed by atoms with van der Waals surface area (Å²) in [6.07, 6.45) is 10.1. The van der Waals surface area contributed by atoms with Crippen LogP contribution in [0.1, 0.15) is 93.7 Å². The summed E-state index contributed by atoms with van der Waals surface area (Å²) in [5.41, 5.74) is 2.35. The number of nitrogens with one attached hydrogen (secondary N) is 1. The lowest BCUT2D eigenvalue weighted by Gasteiger charge is -2.41. The van der Waals surface area contributed by atoms with Gasteiger partial charge in [0, 0.05) is 35.7 Å². The molecule has 0 bridgehead atoms. The van der Waals surface area contributed by atoms with E-state index in [1.54, 1.807) is 35.2 Å². The topological polar surface area (TPSA) is 129 Å². The van der Waals surface area contributed by atoms with Crippen molar-refractivity contribution in [2.45, 2.75) is 108 Å². The molecule has 0 aromatic heterocycles. The number of carbonyl (C=O) groups excluding carboxylic acids is 2. The van der Waals surface area contributed by atoms with Gasteiger partial charge in [-0.2, -0.15) is 0 Å². The van der Waals surface area contributed by atoms with Crippen molar-refractivity contribution in [2.24, 2.45) is 0 Å². The molecular formula is C36H49ClN2O7. The number of carbonyl (C=O) groups is 2. The van der Waals surface area contributed by atoms with Crippen LogP contribution >= 0.6 is 11.6 Å². The van der Waals surface area contributed by atoms with E-state index in [9.17, 15) is 24.9 Å². The highest BCUT2D eigenvalue weighted by Crippen LogP contribution is 2.51. The van der Waals surface area contributed by atoms with Gasteiger partial charge in [-0.15, -0.1) is 0 Å². The average molecular weight is 657 g/mol. The molecule has 0 saturated heterocycles. The monoisotopic (exact) mass is 656 g/mol. The number of fused-ring (bicyclic) bond motifs is 3. The van der Waals surface area contributed by atoms with E-state index >= 15 is 0 Å². The van der Waals surface area contributed by atoms with Crippen LogP contribution in [0.15, 0.2) is 48.0 Å². The van der Waals surface area contributed by atoms with Crippen molar-refractivity contribution in [1.82, 2.24) is 10.2 Å². The third-order valence-electron chi connectivity index (χ3n) is 8.94. The molecule has 252 valence electrons. The maximum atomic E-state index is 13.9. The molecule has 1 heterocycles. The van der Waals surface area contributed by atoms with Crippen molar-refractivity contribution in [3.8, 4) is 11.5 Å². The van der Waals surface area contributed by atoms with E-state index in [2.05, 4.69) is 12.2 Å². The molecule has 10 heteroatoms. The van der Waals surface area contributed by atoms with E-state index in [4.69, 9.17) is 21.1 Å². The lowest BCUT2D eigenvalue weighted by atomic mass is 9.77. The van der Waals surface area contributed by atoms with Crippen LogP contribution in [0.25, 0.3) is 0 Å². The second kappa shape index (κ2) is 17.7. The minimum Gasteiger partial charge on any atom is -0.493 e. The Balaban J connectivity index is 1.62. The average Bonchev–Trinajstić information content (AvgIpc) is 3.46. The minimum absolute atomic E-state index is 0.0422. The zero-order chi connectivity index (χ0) is 33.1. The molecule has 2 aromatic rings. The second-order valence-electron chi connectivity index (χ2n) is 12.2. The zero-order valence-electron chi connectivity index (χ0n) is 27.1. The van der Waals surface area contributed by atoms with Gasteiger partial charge < -0.3 is 35.0 Å². The minimum atomic E-state index is -1.17. The van der Waals surface area contributed by atoms with E-state index in [1.165, 1.54) is 39.2 Å². The highest BCUT2D eigenvalue weighted by Gasteiger charge is 2.51. The Hall–Kier alpha value is -3.11. The van der Waals surface area contributed by atoms with Crippen LogP contribution in [-0.2, 0) is 22.7 Å². The molecule has 2 amide bonds. The first-order chi connectivity index (χ1) is 22.3. The number of aliphatic hydroxyl groups is 3. The molecular weight excluding hydrogens is 608 g/mol. The van der Waals surface area contributed by atoms with Crippen molar-refractivity contribution < 1.29 is 34.4 Å². The number of methoxy groups -OCH3 is 1. The third-order valence-corrected chi connectivity index (χ3v) is 9.19. The highest BCUT2D eigenvalue weighted by atomic mass is 35.5. The lowest BCUT2D eigenvalue weighted by molar-refractivity contribution is -0.138. The molecule has 0 radical (unpaired) electrons. The number of hydrogen-bond donors (Lipinski definition) is 4. The summed E-state index contributed by atoms with van der Waals surface area (Å²) in [7, 11) is 1.49. The molecule has 0 unspecified atom stereocenters. The second-order valence-corrected chi connectivity index (χ2v) is 12.7. The molecule has 1 aliphatic heterocycles. The van der Waals surface area contributed by atoms with Crippen molar-refractivity contribution >= 4 is 23.4 Å². The van der Waals surface area contributed by atoms with Gasteiger partial charge in [0.1, 0.15) is 12.2 Å². The Kier molecular flexibility index (Phi) is 13.8. The van der Waals surface area contributed by atoms with Gasteiger partial charge in [-0.25, -0.2) is 0 Å². The van der Waals surface area contributed by atoms with Gasteiger partial charge in [0.05, 0.1) is 32.3 Å². The smallest absolute Gasteiger partial charge is 0.247 e. The lowest BCUT2D eigenvalue weighted by Crippen LogP contribution is -2.55. The standard InChI is InChI=1S/C36H49ClN2O7/c1-3-4-5-6-7-8-9-10-11-12-31(42)39(22-24-13-15-26(37)16-14-24)29-21-28(36(44)38-17-18-40)32-27-19-25(23-41)20-30(45-2)34(27)46-35(32)33(29)43/h13-16,19-21,29,32-33,35,40-41,43H,3-12,17-18,22-23H2,1-2H3,(H,38,44)/t29-,32+,33+,35+/m1/s1. The van der Waals surface area contributed by atoms with Crippen LogP contribution in [0.2, 0.25) is 5.02 Å². The Morgan fingerprint density at radius 2 is 1.65 bits per heavy atom. The summed E-state index contributed by atoms with van der Waals surface area (Å²) >= 11 is 6.14. The largest absolute Gasteiger partial charge is 0.493 e. The van der Waals surface area contributed by atoms with Crippen LogP contribution in [0.5, 0.6) is 11.5 Å². The van der Waals surface area contributed by atoms with E-state index in [-0.39, 0.29) is 32.2 Å². The van der Waals surface area contributed by atoms with Gasteiger partial charge in [0.2, 0.25) is 11.8 Å². The fourth-order valence-corrected chi connectivity index (χ4v) is 6.62. The molecule has 2 aliphatic rings. The molecule has 4 rings (SSSR count). The fourth-order valence-electron chi connectivity index (χ4n) is 6.50. The number of amides is 2. The van der Waals surface area contributed by atoms with Gasteiger partial charge in [-0.1, -0.05) is 82.0 Å². The molecule has 0 fully saturated rings. The van der Waals surface area contributed by atoms with Crippen molar-refractivity contribution in [1.29, 1.82) is 0 Å². The van der Waals surface area contributed by atoms with Crippen LogP contribution in [0.3, 0.4) is 0 Å². The van der Waals surface area contributed by atoms with Crippen LogP contribution in [0.4, 0.5) is 0 Å². The molecule has 0 spiro atoms. The first-order valence-electron chi connectivity index (χ1n) is 16.6. The number of rotatable bonds is 18. The fraction of sp³-hybridized carbons (Fsp3) is 0.556. The Bertz CT molecular complexity index is 1330. The summed E-state index contributed by atoms with van der Waals surface area (Å²) in [6, 6.07) is 9.77. The van der Waals surface area contributed by atoms with Gasteiger partial charge >= 0.3 is 0 Å². The SMILES string of the molecule is CCCCCCCCCCCC(=O)N(Cc1ccc(Cl)cc1)[C@@H]1C=C(C(=O)NCCO)[C@@H]2c3cc(CO)cc(OC)c3O[C@@H]2[C@H]1O. The maximum Gasteiger partial charge on any atom is 0.247 e. The van der Waals surface area contributed by atoms with Crippen molar-refractivity contribution in [3.05, 3.63) is 69.8 Å². The number of benzene rings is 2. The first-order valence-corrected chi connectivity index (χ1v) is 17.0. The number of aliphatic hydroxyl groups excluding tert-OH is 3. The van der Waals surface area contributed by atoms with E-state index < -0.39 is 30.1 Å². The molecule has 2 aromatic carbocycles. The Labute approximate surface area is 277 Å². The summed E-state index contributed by atoms with van der Waals surface area (Å²) in [4.78, 5) is 29.2. The Morgan fingerprint density at radius 1 is 0.978 bits per heavy atom. The molecule has 1 aliphatic carbocycles. The summed E-state index contributed by atoms with van der Waals surface area (Å²) < 4.78 is 11.9. The zero-order valence-corrected chi connectivity index (χ0v) is 27.8. The van der Waals surface area contributed by atoms with Crippen molar-refractivity contribution in [3.63, 3.8) is 0 Å². The molecule has 46 heavy (non-hydrogen) atoms. The number of unbranched alkanes of at least 4 members (excludes halogenated alkanes) is 8. The number of hydrogen-bond acceptors (Lipinski definition) is 7. The molecule has 9 nitrogen and oxygen atoms in total. The van der Waals surface area contributed by atoms with Gasteiger partial charge in [0.15, 0.2) is 11.5 Å². The van der Waals surface area contributed by atoms with Crippen LogP contribution in [0, 0.1) is 0 Å².